The molecule has 3 heteroatoms. The lowest BCUT2D eigenvalue weighted by molar-refractivity contribution is 0.545. The van der Waals surface area contributed by atoms with E-state index in [0.29, 0.717) is 6.04 Å². The zero-order valence-corrected chi connectivity index (χ0v) is 7.17. The summed E-state index contributed by atoms with van der Waals surface area (Å²) in [6, 6.07) is 1.98. The van der Waals surface area contributed by atoms with Crippen molar-refractivity contribution in [3.63, 3.8) is 0 Å². The van der Waals surface area contributed by atoms with Crippen LogP contribution in [0.25, 0.3) is 0 Å². The van der Waals surface area contributed by atoms with Crippen LogP contribution in [0.2, 0.25) is 0 Å². The van der Waals surface area contributed by atoms with E-state index in [0.717, 1.165) is 18.5 Å². The number of hydrogen-bond acceptors (Lipinski definition) is 2. The summed E-state index contributed by atoms with van der Waals surface area (Å²) in [6.45, 7) is 3.05. The van der Waals surface area contributed by atoms with Crippen LogP contribution in [0, 0.1) is 5.13 Å². The van der Waals surface area contributed by atoms with Crippen molar-refractivity contribution in [3.8, 4) is 0 Å². The molecule has 1 nitrogen and oxygen atoms in total. The van der Waals surface area contributed by atoms with Gasteiger partial charge in [0.15, 0.2) is 5.13 Å². The molecular weight excluding hydrogens is 161 g/mol. The first kappa shape index (κ1) is 7.25. The van der Waals surface area contributed by atoms with Crippen LogP contribution in [0.1, 0.15) is 23.4 Å². The van der Waals surface area contributed by atoms with E-state index in [1.54, 1.807) is 6.07 Å². The standard InChI is InChI=1S/C8H10FNS/c1-5-6-4-8(9)11-7(6)2-3-10-5/h4-5,10H,2-3H2,1H3. The van der Waals surface area contributed by atoms with Crippen LogP contribution in [-0.4, -0.2) is 6.54 Å². The fourth-order valence-corrected chi connectivity index (χ4v) is 2.46. The molecule has 0 radical (unpaired) electrons. The van der Waals surface area contributed by atoms with E-state index in [4.69, 9.17) is 0 Å². The molecule has 2 rings (SSSR count). The number of hydrogen-bond donors (Lipinski definition) is 1. The molecule has 0 saturated carbocycles. The summed E-state index contributed by atoms with van der Waals surface area (Å²) in [5.74, 6) is 0. The molecule has 1 atom stereocenters. The molecule has 0 aromatic carbocycles. The second-order valence-electron chi connectivity index (χ2n) is 2.85. The van der Waals surface area contributed by atoms with E-state index in [1.807, 2.05) is 0 Å². The second kappa shape index (κ2) is 2.57. The molecule has 1 aromatic heterocycles. The zero-order chi connectivity index (χ0) is 7.84. The highest BCUT2D eigenvalue weighted by molar-refractivity contribution is 7.10. The zero-order valence-electron chi connectivity index (χ0n) is 6.36. The Kier molecular flexibility index (Phi) is 1.69. The molecule has 11 heavy (non-hydrogen) atoms. The molecule has 2 heterocycles. The molecule has 1 aliphatic heterocycles. The van der Waals surface area contributed by atoms with Gasteiger partial charge in [-0.25, -0.2) is 0 Å². The molecule has 0 spiro atoms. The second-order valence-corrected chi connectivity index (χ2v) is 3.94. The van der Waals surface area contributed by atoms with Gasteiger partial charge in [-0.15, -0.1) is 11.3 Å². The first-order valence-electron chi connectivity index (χ1n) is 3.79. The Bertz CT molecular complexity index is 269. The lowest BCUT2D eigenvalue weighted by Crippen LogP contribution is -2.26. The van der Waals surface area contributed by atoms with Gasteiger partial charge in [-0.05, 0) is 25.0 Å². The predicted molar refractivity (Wildman–Crippen MR) is 44.4 cm³/mol. The molecule has 0 saturated heterocycles. The van der Waals surface area contributed by atoms with Crippen molar-refractivity contribution in [2.24, 2.45) is 0 Å². The normalized spacial score (nSPS) is 23.3. The van der Waals surface area contributed by atoms with Crippen molar-refractivity contribution < 1.29 is 4.39 Å². The van der Waals surface area contributed by atoms with Gasteiger partial charge in [-0.2, -0.15) is 4.39 Å². The largest absolute Gasteiger partial charge is 0.310 e. The van der Waals surface area contributed by atoms with Gasteiger partial charge in [-0.1, -0.05) is 0 Å². The quantitative estimate of drug-likeness (QED) is 0.630. The Morgan fingerprint density at radius 2 is 2.55 bits per heavy atom. The minimum atomic E-state index is -0.0504. The monoisotopic (exact) mass is 171 g/mol. The summed E-state index contributed by atoms with van der Waals surface area (Å²) in [7, 11) is 0. The molecule has 1 aliphatic rings. The maximum atomic E-state index is 12.8. The lowest BCUT2D eigenvalue weighted by atomic mass is 10.0. The maximum Gasteiger partial charge on any atom is 0.176 e. The molecule has 0 aliphatic carbocycles. The average Bonchev–Trinajstić information content (AvgIpc) is 2.31. The van der Waals surface area contributed by atoms with Gasteiger partial charge in [-0.3, -0.25) is 0 Å². The van der Waals surface area contributed by atoms with Crippen LogP contribution >= 0.6 is 11.3 Å². The van der Waals surface area contributed by atoms with E-state index in [9.17, 15) is 4.39 Å². The van der Waals surface area contributed by atoms with Gasteiger partial charge in [0.05, 0.1) is 0 Å². The Hall–Kier alpha value is -0.410. The van der Waals surface area contributed by atoms with Crippen LogP contribution in [-0.2, 0) is 6.42 Å². The molecule has 0 amide bonds. The number of fused-ring (bicyclic) bond motifs is 1. The molecule has 1 N–H and O–H groups in total. The smallest absolute Gasteiger partial charge is 0.176 e. The van der Waals surface area contributed by atoms with Crippen molar-refractivity contribution in [3.05, 3.63) is 21.6 Å². The van der Waals surface area contributed by atoms with E-state index < -0.39 is 0 Å². The van der Waals surface area contributed by atoms with Crippen molar-refractivity contribution in [2.75, 3.05) is 6.54 Å². The summed E-state index contributed by atoms with van der Waals surface area (Å²) in [5, 5.41) is 3.24. The van der Waals surface area contributed by atoms with Crippen LogP contribution in [0.3, 0.4) is 0 Å². The highest BCUT2D eigenvalue weighted by Gasteiger charge is 2.18. The van der Waals surface area contributed by atoms with E-state index in [-0.39, 0.29) is 5.13 Å². The van der Waals surface area contributed by atoms with Gasteiger partial charge in [0, 0.05) is 17.5 Å². The Morgan fingerprint density at radius 3 is 3.27 bits per heavy atom. The minimum absolute atomic E-state index is 0.0504. The molecule has 0 bridgehead atoms. The van der Waals surface area contributed by atoms with Crippen LogP contribution in [0.4, 0.5) is 4.39 Å². The number of nitrogens with one attached hydrogen (secondary N) is 1. The van der Waals surface area contributed by atoms with Crippen molar-refractivity contribution in [1.29, 1.82) is 0 Å². The average molecular weight is 171 g/mol. The van der Waals surface area contributed by atoms with Crippen molar-refractivity contribution in [1.82, 2.24) is 5.32 Å². The fourth-order valence-electron chi connectivity index (χ4n) is 1.48. The summed E-state index contributed by atoms with van der Waals surface area (Å²) < 4.78 is 12.8. The third kappa shape index (κ3) is 1.19. The minimum Gasteiger partial charge on any atom is -0.310 e. The van der Waals surface area contributed by atoms with Gasteiger partial charge in [0.2, 0.25) is 0 Å². The first-order valence-corrected chi connectivity index (χ1v) is 4.60. The third-order valence-corrected chi connectivity index (χ3v) is 3.08. The third-order valence-electron chi connectivity index (χ3n) is 2.08. The molecule has 0 fully saturated rings. The first-order chi connectivity index (χ1) is 5.27. The topological polar surface area (TPSA) is 12.0 Å². The van der Waals surface area contributed by atoms with E-state index in [2.05, 4.69) is 12.2 Å². The Morgan fingerprint density at radius 1 is 1.73 bits per heavy atom. The van der Waals surface area contributed by atoms with Crippen LogP contribution in [0.5, 0.6) is 0 Å². The Labute approximate surface area is 69.2 Å². The van der Waals surface area contributed by atoms with Crippen LogP contribution in [0.15, 0.2) is 6.07 Å². The lowest BCUT2D eigenvalue weighted by Gasteiger charge is -2.19. The Balaban J connectivity index is 2.43. The molecule has 1 aromatic rings. The van der Waals surface area contributed by atoms with E-state index >= 15 is 0 Å². The highest BCUT2D eigenvalue weighted by Crippen LogP contribution is 2.29. The number of thiophene rings is 1. The van der Waals surface area contributed by atoms with Crippen molar-refractivity contribution in [2.45, 2.75) is 19.4 Å². The maximum absolute atomic E-state index is 12.8. The van der Waals surface area contributed by atoms with Gasteiger partial charge < -0.3 is 5.32 Å². The van der Waals surface area contributed by atoms with E-state index in [1.165, 1.54) is 16.2 Å². The SMILES string of the molecule is CC1NCCc2sc(F)cc21. The van der Waals surface area contributed by atoms with Gasteiger partial charge in [0.25, 0.3) is 0 Å². The fraction of sp³-hybridized carbons (Fsp3) is 0.500. The summed E-state index contributed by atoms with van der Waals surface area (Å²) >= 11 is 1.29. The van der Waals surface area contributed by atoms with Gasteiger partial charge in [0.1, 0.15) is 0 Å². The van der Waals surface area contributed by atoms with Gasteiger partial charge >= 0.3 is 0 Å². The predicted octanol–water partition coefficient (Wildman–Crippen LogP) is 2.09. The highest BCUT2D eigenvalue weighted by atomic mass is 32.1. The van der Waals surface area contributed by atoms with Crippen LogP contribution < -0.4 is 5.32 Å². The van der Waals surface area contributed by atoms with Crippen molar-refractivity contribution >= 4 is 11.3 Å². The number of rotatable bonds is 0. The summed E-state index contributed by atoms with van der Waals surface area (Å²) in [5.41, 5.74) is 1.15. The molecule has 60 valence electrons. The number of halogens is 1. The summed E-state index contributed by atoms with van der Waals surface area (Å²) in [4.78, 5) is 1.22. The molecule has 1 unspecified atom stereocenters. The summed E-state index contributed by atoms with van der Waals surface area (Å²) in [6.07, 6.45) is 0.980. The molecular formula is C8H10FNS.